The molecule has 0 aliphatic heterocycles. The third-order valence-electron chi connectivity index (χ3n) is 2.91. The Morgan fingerprint density at radius 1 is 1.14 bits per heavy atom. The van der Waals surface area contributed by atoms with E-state index in [-0.39, 0.29) is 11.5 Å². The highest BCUT2D eigenvalue weighted by Crippen LogP contribution is 2.18. The van der Waals surface area contributed by atoms with Gasteiger partial charge in [0, 0.05) is 23.3 Å². The van der Waals surface area contributed by atoms with Crippen molar-refractivity contribution in [1.29, 1.82) is 0 Å². The van der Waals surface area contributed by atoms with Crippen LogP contribution in [0.5, 0.6) is 5.75 Å². The van der Waals surface area contributed by atoms with E-state index in [9.17, 15) is 14.9 Å². The van der Waals surface area contributed by atoms with E-state index in [1.54, 1.807) is 30.3 Å². The first-order chi connectivity index (χ1) is 10.1. The Morgan fingerprint density at radius 3 is 2.48 bits per heavy atom. The molecule has 0 aromatic heterocycles. The molecule has 0 unspecified atom stereocenters. The van der Waals surface area contributed by atoms with Gasteiger partial charge in [-0.15, -0.1) is 0 Å². The smallest absolute Gasteiger partial charge is 0.270 e. The SMILES string of the molecule is CCCOc1ccc(C(=O)c2cccc([N+](=O)[O-])c2)cc1. The largest absolute Gasteiger partial charge is 0.494 e. The highest BCUT2D eigenvalue weighted by atomic mass is 16.6. The van der Waals surface area contributed by atoms with Gasteiger partial charge in [-0.2, -0.15) is 0 Å². The van der Waals surface area contributed by atoms with E-state index in [1.807, 2.05) is 6.92 Å². The summed E-state index contributed by atoms with van der Waals surface area (Å²) >= 11 is 0. The molecule has 0 saturated heterocycles. The summed E-state index contributed by atoms with van der Waals surface area (Å²) in [6, 6.07) is 12.5. The van der Waals surface area contributed by atoms with E-state index >= 15 is 0 Å². The lowest BCUT2D eigenvalue weighted by molar-refractivity contribution is -0.384. The lowest BCUT2D eigenvalue weighted by Crippen LogP contribution is -2.02. The zero-order valence-electron chi connectivity index (χ0n) is 11.6. The third kappa shape index (κ3) is 3.66. The number of nitro groups is 1. The van der Waals surface area contributed by atoms with Gasteiger partial charge in [0.15, 0.2) is 5.78 Å². The van der Waals surface area contributed by atoms with Crippen LogP contribution in [0.2, 0.25) is 0 Å². The second kappa shape index (κ2) is 6.65. The predicted molar refractivity (Wildman–Crippen MR) is 78.8 cm³/mol. The molecule has 2 aromatic carbocycles. The summed E-state index contributed by atoms with van der Waals surface area (Å²) < 4.78 is 5.45. The van der Waals surface area contributed by atoms with Crippen LogP contribution in [0, 0.1) is 10.1 Å². The van der Waals surface area contributed by atoms with Gasteiger partial charge in [-0.3, -0.25) is 14.9 Å². The summed E-state index contributed by atoms with van der Waals surface area (Å²) in [5.74, 6) is 0.452. The van der Waals surface area contributed by atoms with E-state index in [0.717, 1.165) is 6.42 Å². The van der Waals surface area contributed by atoms with Crippen molar-refractivity contribution in [2.75, 3.05) is 6.61 Å². The van der Waals surface area contributed by atoms with Gasteiger partial charge in [0.05, 0.1) is 11.5 Å². The molecule has 108 valence electrons. The highest BCUT2D eigenvalue weighted by molar-refractivity contribution is 6.09. The monoisotopic (exact) mass is 285 g/mol. The van der Waals surface area contributed by atoms with E-state index in [1.165, 1.54) is 18.2 Å². The van der Waals surface area contributed by atoms with Gasteiger partial charge < -0.3 is 4.74 Å². The zero-order chi connectivity index (χ0) is 15.2. The normalized spacial score (nSPS) is 10.1. The summed E-state index contributed by atoms with van der Waals surface area (Å²) in [5, 5.41) is 10.7. The van der Waals surface area contributed by atoms with Gasteiger partial charge in [0.2, 0.25) is 0 Å². The summed E-state index contributed by atoms with van der Waals surface area (Å²) in [7, 11) is 0. The fourth-order valence-corrected chi connectivity index (χ4v) is 1.85. The Labute approximate surface area is 122 Å². The number of ether oxygens (including phenoxy) is 1. The number of ketones is 1. The summed E-state index contributed by atoms with van der Waals surface area (Å²) in [4.78, 5) is 22.5. The van der Waals surface area contributed by atoms with Crippen molar-refractivity contribution in [3.63, 3.8) is 0 Å². The highest BCUT2D eigenvalue weighted by Gasteiger charge is 2.13. The summed E-state index contributed by atoms with van der Waals surface area (Å²) in [6.07, 6.45) is 0.911. The van der Waals surface area contributed by atoms with Crippen LogP contribution in [0.4, 0.5) is 5.69 Å². The number of non-ortho nitro benzene ring substituents is 1. The van der Waals surface area contributed by atoms with Gasteiger partial charge in [-0.25, -0.2) is 0 Å². The van der Waals surface area contributed by atoms with Crippen LogP contribution in [0.15, 0.2) is 48.5 Å². The number of carbonyl (C=O) groups is 1. The number of carbonyl (C=O) groups excluding carboxylic acids is 1. The third-order valence-corrected chi connectivity index (χ3v) is 2.91. The first-order valence-electron chi connectivity index (χ1n) is 6.64. The van der Waals surface area contributed by atoms with Gasteiger partial charge in [0.1, 0.15) is 5.75 Å². The number of nitrogens with zero attached hydrogens (tertiary/aromatic N) is 1. The zero-order valence-corrected chi connectivity index (χ0v) is 11.6. The van der Waals surface area contributed by atoms with Gasteiger partial charge in [-0.05, 0) is 30.7 Å². The summed E-state index contributed by atoms with van der Waals surface area (Å²) in [6.45, 7) is 2.64. The Hall–Kier alpha value is -2.69. The Morgan fingerprint density at radius 2 is 1.86 bits per heavy atom. The second-order valence-electron chi connectivity index (χ2n) is 4.51. The van der Waals surface area contributed by atoms with Crippen LogP contribution in [0.25, 0.3) is 0 Å². The second-order valence-corrected chi connectivity index (χ2v) is 4.51. The van der Waals surface area contributed by atoms with Crippen molar-refractivity contribution < 1.29 is 14.5 Å². The van der Waals surface area contributed by atoms with E-state index < -0.39 is 4.92 Å². The number of hydrogen-bond acceptors (Lipinski definition) is 4. The molecule has 0 spiro atoms. The molecule has 0 aliphatic rings. The molecule has 0 fully saturated rings. The van der Waals surface area contributed by atoms with Crippen molar-refractivity contribution in [1.82, 2.24) is 0 Å². The number of nitro benzene ring substituents is 1. The van der Waals surface area contributed by atoms with Crippen LogP contribution in [-0.4, -0.2) is 17.3 Å². The van der Waals surface area contributed by atoms with Crippen molar-refractivity contribution in [2.45, 2.75) is 13.3 Å². The van der Waals surface area contributed by atoms with Gasteiger partial charge >= 0.3 is 0 Å². The molecule has 0 amide bonds. The van der Waals surface area contributed by atoms with Crippen LogP contribution in [0.1, 0.15) is 29.3 Å². The van der Waals surface area contributed by atoms with E-state index in [2.05, 4.69) is 0 Å². The van der Waals surface area contributed by atoms with Crippen molar-refractivity contribution in [2.24, 2.45) is 0 Å². The lowest BCUT2D eigenvalue weighted by Gasteiger charge is -2.05. The molecular formula is C16H15NO4. The maximum atomic E-state index is 12.3. The number of benzene rings is 2. The topological polar surface area (TPSA) is 69.4 Å². The fraction of sp³-hybridized carbons (Fsp3) is 0.188. The predicted octanol–water partition coefficient (Wildman–Crippen LogP) is 3.61. The van der Waals surface area contributed by atoms with Crippen molar-refractivity contribution in [3.8, 4) is 5.75 Å². The Balaban J connectivity index is 2.19. The van der Waals surface area contributed by atoms with Crippen molar-refractivity contribution >= 4 is 11.5 Å². The van der Waals surface area contributed by atoms with E-state index in [4.69, 9.17) is 4.74 Å². The molecule has 5 nitrogen and oxygen atoms in total. The lowest BCUT2D eigenvalue weighted by atomic mass is 10.0. The molecule has 2 rings (SSSR count). The minimum atomic E-state index is -0.515. The van der Waals surface area contributed by atoms with Crippen LogP contribution in [-0.2, 0) is 0 Å². The van der Waals surface area contributed by atoms with Crippen LogP contribution in [0.3, 0.4) is 0 Å². The van der Waals surface area contributed by atoms with Crippen LogP contribution >= 0.6 is 0 Å². The molecule has 0 atom stereocenters. The molecule has 2 aromatic rings. The average molecular weight is 285 g/mol. The first-order valence-corrected chi connectivity index (χ1v) is 6.64. The maximum Gasteiger partial charge on any atom is 0.270 e. The fourth-order valence-electron chi connectivity index (χ4n) is 1.85. The molecule has 0 saturated carbocycles. The molecule has 0 radical (unpaired) electrons. The first kappa shape index (κ1) is 14.7. The molecule has 21 heavy (non-hydrogen) atoms. The van der Waals surface area contributed by atoms with Crippen LogP contribution < -0.4 is 4.74 Å². The van der Waals surface area contributed by atoms with Gasteiger partial charge in [-0.1, -0.05) is 19.1 Å². The molecule has 0 heterocycles. The maximum absolute atomic E-state index is 12.3. The molecule has 5 heteroatoms. The Bertz CT molecular complexity index is 650. The minimum Gasteiger partial charge on any atom is -0.494 e. The molecule has 0 bridgehead atoms. The minimum absolute atomic E-state index is 0.0938. The summed E-state index contributed by atoms with van der Waals surface area (Å²) in [5.41, 5.74) is 0.675. The standard InChI is InChI=1S/C16H15NO4/c1-2-10-21-15-8-6-12(7-9-15)16(18)13-4-3-5-14(11-13)17(19)20/h3-9,11H,2,10H2,1H3. The van der Waals surface area contributed by atoms with Gasteiger partial charge in [0.25, 0.3) is 5.69 Å². The Kier molecular flexibility index (Phi) is 4.66. The molecule has 0 N–H and O–H groups in total. The molecule has 0 aliphatic carbocycles. The average Bonchev–Trinajstić information content (AvgIpc) is 2.53. The number of hydrogen-bond donors (Lipinski definition) is 0. The van der Waals surface area contributed by atoms with E-state index in [0.29, 0.717) is 23.5 Å². The quantitative estimate of drug-likeness (QED) is 0.462. The number of rotatable bonds is 6. The van der Waals surface area contributed by atoms with Crippen molar-refractivity contribution in [3.05, 3.63) is 69.8 Å². The molecular weight excluding hydrogens is 270 g/mol.